The van der Waals surface area contributed by atoms with E-state index < -0.39 is 0 Å². The van der Waals surface area contributed by atoms with E-state index in [0.29, 0.717) is 16.7 Å². The van der Waals surface area contributed by atoms with E-state index in [2.05, 4.69) is 26.8 Å². The lowest BCUT2D eigenvalue weighted by molar-refractivity contribution is 0.312. The molecule has 6 heteroatoms. The lowest BCUT2D eigenvalue weighted by Crippen LogP contribution is -2.44. The highest BCUT2D eigenvalue weighted by molar-refractivity contribution is 5.87. The zero-order valence-electron chi connectivity index (χ0n) is 11.7. The third-order valence-corrected chi connectivity index (χ3v) is 3.78. The van der Waals surface area contributed by atoms with Gasteiger partial charge in [-0.1, -0.05) is 0 Å². The molecule has 1 aromatic carbocycles. The second kappa shape index (κ2) is 5.13. The van der Waals surface area contributed by atoms with Crippen molar-refractivity contribution in [3.05, 3.63) is 28.8 Å². The minimum Gasteiger partial charge on any atom is -0.496 e. The normalized spacial score (nSPS) is 16.6. The minimum atomic E-state index is -0.170. The largest absolute Gasteiger partial charge is 0.496 e. The van der Waals surface area contributed by atoms with Gasteiger partial charge in [0.15, 0.2) is 0 Å². The number of benzene rings is 1. The highest BCUT2D eigenvalue weighted by atomic mass is 16.5. The van der Waals surface area contributed by atoms with Crippen LogP contribution in [0.3, 0.4) is 0 Å². The summed E-state index contributed by atoms with van der Waals surface area (Å²) in [4.78, 5) is 23.3. The zero-order chi connectivity index (χ0) is 14.1. The minimum absolute atomic E-state index is 0.170. The van der Waals surface area contributed by atoms with E-state index in [-0.39, 0.29) is 5.56 Å². The van der Waals surface area contributed by atoms with E-state index in [1.807, 2.05) is 12.1 Å². The molecule has 0 atom stereocenters. The molecule has 106 valence electrons. The molecule has 0 aliphatic carbocycles. The number of methoxy groups -OCH3 is 1. The number of hydrogen-bond donors (Lipinski definition) is 1. The predicted molar refractivity (Wildman–Crippen MR) is 78.6 cm³/mol. The van der Waals surface area contributed by atoms with Crippen LogP contribution >= 0.6 is 0 Å². The Morgan fingerprint density at radius 1 is 1.25 bits per heavy atom. The maximum Gasteiger partial charge on any atom is 0.262 e. The first-order valence-corrected chi connectivity index (χ1v) is 6.68. The summed E-state index contributed by atoms with van der Waals surface area (Å²) in [5.41, 5.74) is 1.55. The van der Waals surface area contributed by atoms with Gasteiger partial charge in [0.05, 0.1) is 19.0 Å². The number of aromatic amines is 1. The Balaban J connectivity index is 2.07. The Morgan fingerprint density at radius 2 is 2.00 bits per heavy atom. The van der Waals surface area contributed by atoms with Crippen LogP contribution in [0.5, 0.6) is 5.75 Å². The number of nitrogens with one attached hydrogen (secondary N) is 1. The molecule has 2 aromatic rings. The van der Waals surface area contributed by atoms with Crippen molar-refractivity contribution >= 4 is 16.6 Å². The summed E-state index contributed by atoms with van der Waals surface area (Å²) < 4.78 is 5.36. The fourth-order valence-electron chi connectivity index (χ4n) is 2.56. The van der Waals surface area contributed by atoms with Crippen LogP contribution in [0.2, 0.25) is 0 Å². The van der Waals surface area contributed by atoms with Gasteiger partial charge in [0.25, 0.3) is 5.56 Å². The molecule has 1 fully saturated rings. The smallest absolute Gasteiger partial charge is 0.262 e. The average Bonchev–Trinajstić information content (AvgIpc) is 2.47. The molecule has 0 saturated carbocycles. The summed E-state index contributed by atoms with van der Waals surface area (Å²) in [5.74, 6) is 0.575. The van der Waals surface area contributed by atoms with Gasteiger partial charge in [-0.25, -0.2) is 4.98 Å². The van der Waals surface area contributed by atoms with Crippen LogP contribution in [-0.2, 0) is 0 Å². The molecule has 0 spiro atoms. The van der Waals surface area contributed by atoms with Crippen molar-refractivity contribution in [3.63, 3.8) is 0 Å². The molecule has 0 bridgehead atoms. The number of nitrogens with zero attached hydrogens (tertiary/aromatic N) is 3. The molecule has 0 amide bonds. The first-order valence-electron chi connectivity index (χ1n) is 6.68. The number of ether oxygens (including phenoxy) is 1. The number of aromatic nitrogens is 2. The summed E-state index contributed by atoms with van der Waals surface area (Å²) in [5, 5.41) is 0.507. The van der Waals surface area contributed by atoms with E-state index in [4.69, 9.17) is 4.74 Å². The Hall–Kier alpha value is -2.08. The Bertz CT molecular complexity index is 674. The van der Waals surface area contributed by atoms with Gasteiger partial charge in [-0.3, -0.25) is 4.79 Å². The number of H-pyrrole nitrogens is 1. The van der Waals surface area contributed by atoms with Crippen LogP contribution in [0.4, 0.5) is 5.69 Å². The summed E-state index contributed by atoms with van der Waals surface area (Å²) >= 11 is 0. The number of fused-ring (bicyclic) bond motifs is 1. The van der Waals surface area contributed by atoms with Crippen LogP contribution in [0.1, 0.15) is 0 Å². The van der Waals surface area contributed by atoms with Gasteiger partial charge in [-0.05, 0) is 13.1 Å². The molecule has 1 saturated heterocycles. The van der Waals surface area contributed by atoms with Crippen molar-refractivity contribution in [2.24, 2.45) is 0 Å². The van der Waals surface area contributed by atoms with Gasteiger partial charge in [0.1, 0.15) is 11.1 Å². The van der Waals surface area contributed by atoms with Crippen molar-refractivity contribution in [2.75, 3.05) is 45.2 Å². The molecule has 1 aromatic heterocycles. The highest BCUT2D eigenvalue weighted by Crippen LogP contribution is 2.28. The van der Waals surface area contributed by atoms with E-state index in [9.17, 15) is 4.79 Å². The fourth-order valence-corrected chi connectivity index (χ4v) is 2.56. The number of rotatable bonds is 2. The summed E-state index contributed by atoms with van der Waals surface area (Å²) in [6, 6.07) is 3.88. The zero-order valence-corrected chi connectivity index (χ0v) is 11.7. The van der Waals surface area contributed by atoms with Gasteiger partial charge < -0.3 is 19.5 Å². The average molecular weight is 274 g/mol. The molecule has 1 N–H and O–H groups in total. The number of anilines is 1. The molecule has 3 rings (SSSR count). The third kappa shape index (κ3) is 2.22. The van der Waals surface area contributed by atoms with E-state index in [1.54, 1.807) is 7.11 Å². The van der Waals surface area contributed by atoms with Crippen LogP contribution < -0.4 is 15.2 Å². The Labute approximate surface area is 117 Å². The lowest BCUT2D eigenvalue weighted by atomic mass is 10.1. The Kier molecular flexibility index (Phi) is 3.31. The SMILES string of the molecule is COc1cc(N2CCN(C)CC2)cc2nc[nH]c(=O)c12. The molecule has 0 radical (unpaired) electrons. The molecule has 20 heavy (non-hydrogen) atoms. The summed E-state index contributed by atoms with van der Waals surface area (Å²) in [6.45, 7) is 4.00. The molecule has 0 unspecified atom stereocenters. The fraction of sp³-hybridized carbons (Fsp3) is 0.429. The summed E-state index contributed by atoms with van der Waals surface area (Å²) in [7, 11) is 3.70. The van der Waals surface area contributed by atoms with Gasteiger partial charge in [-0.15, -0.1) is 0 Å². The standard InChI is InChI=1S/C14H18N4O2/c1-17-3-5-18(6-4-17)10-7-11-13(12(8-10)20-2)14(19)16-9-15-11/h7-9H,3-6H2,1-2H3,(H,15,16,19). The van der Waals surface area contributed by atoms with Crippen molar-refractivity contribution < 1.29 is 4.74 Å². The maximum absolute atomic E-state index is 11.9. The predicted octanol–water partition coefficient (Wildman–Crippen LogP) is 0.683. The highest BCUT2D eigenvalue weighted by Gasteiger charge is 2.17. The van der Waals surface area contributed by atoms with Crippen LogP contribution in [-0.4, -0.2) is 55.2 Å². The van der Waals surface area contributed by atoms with Crippen molar-refractivity contribution in [3.8, 4) is 5.75 Å². The number of hydrogen-bond acceptors (Lipinski definition) is 5. The molecule has 1 aliphatic heterocycles. The van der Waals surface area contributed by atoms with Crippen LogP contribution in [0.25, 0.3) is 10.9 Å². The van der Waals surface area contributed by atoms with Crippen molar-refractivity contribution in [1.29, 1.82) is 0 Å². The molecule has 1 aliphatic rings. The molecule has 2 heterocycles. The third-order valence-electron chi connectivity index (χ3n) is 3.78. The van der Waals surface area contributed by atoms with Gasteiger partial charge >= 0.3 is 0 Å². The van der Waals surface area contributed by atoms with Crippen LogP contribution in [0.15, 0.2) is 23.3 Å². The van der Waals surface area contributed by atoms with Crippen molar-refractivity contribution in [1.82, 2.24) is 14.9 Å². The number of piperazine rings is 1. The summed E-state index contributed by atoms with van der Waals surface area (Å²) in [6.07, 6.45) is 1.43. The van der Waals surface area contributed by atoms with Gasteiger partial charge in [0.2, 0.25) is 0 Å². The first-order chi connectivity index (χ1) is 9.69. The van der Waals surface area contributed by atoms with E-state index in [0.717, 1.165) is 31.9 Å². The van der Waals surface area contributed by atoms with Gasteiger partial charge in [0, 0.05) is 37.9 Å². The Morgan fingerprint density at radius 3 is 2.70 bits per heavy atom. The molecule has 6 nitrogen and oxygen atoms in total. The first kappa shape index (κ1) is 12.9. The quantitative estimate of drug-likeness (QED) is 0.873. The molecular formula is C14H18N4O2. The van der Waals surface area contributed by atoms with E-state index in [1.165, 1.54) is 6.33 Å². The van der Waals surface area contributed by atoms with Gasteiger partial charge in [-0.2, -0.15) is 0 Å². The second-order valence-corrected chi connectivity index (χ2v) is 5.06. The monoisotopic (exact) mass is 274 g/mol. The number of likely N-dealkylation sites (N-methyl/N-ethyl adjacent to an activating group) is 1. The van der Waals surface area contributed by atoms with Crippen molar-refractivity contribution in [2.45, 2.75) is 0 Å². The molecular weight excluding hydrogens is 256 g/mol. The van der Waals surface area contributed by atoms with Crippen LogP contribution in [0, 0.1) is 0 Å². The maximum atomic E-state index is 11.9. The van der Waals surface area contributed by atoms with E-state index >= 15 is 0 Å². The lowest BCUT2D eigenvalue weighted by Gasteiger charge is -2.34. The second-order valence-electron chi connectivity index (χ2n) is 5.06. The topological polar surface area (TPSA) is 61.5 Å².